The molecule has 2 fully saturated rings. The molecule has 4 aromatic carbocycles. The quantitative estimate of drug-likeness (QED) is 0.0827. The summed E-state index contributed by atoms with van der Waals surface area (Å²) in [4.78, 5) is 0. The highest BCUT2D eigenvalue weighted by molar-refractivity contribution is 8.00. The van der Waals surface area contributed by atoms with Gasteiger partial charge < -0.3 is 9.47 Å². The normalized spacial score (nSPS) is 20.9. The second kappa shape index (κ2) is 22.7. The van der Waals surface area contributed by atoms with Crippen LogP contribution in [0.1, 0.15) is 186 Å². The largest absolute Gasteiger partial charge is 0.494 e. The van der Waals surface area contributed by atoms with Crippen molar-refractivity contribution in [2.75, 3.05) is 13.2 Å². The zero-order chi connectivity index (χ0) is 40.0. The Bertz CT molecular complexity index is 1640. The molecule has 6 rings (SSSR count). The molecule has 0 heterocycles. The molecule has 0 spiro atoms. The molecule has 0 N–H and O–H groups in total. The van der Waals surface area contributed by atoms with Crippen LogP contribution in [0.25, 0.3) is 0 Å². The van der Waals surface area contributed by atoms with Crippen LogP contribution in [0.2, 0.25) is 10.0 Å². The van der Waals surface area contributed by atoms with Crippen LogP contribution in [0.4, 0.5) is 0 Å². The zero-order valence-corrected chi connectivity index (χ0v) is 37.6. The molecule has 308 valence electrons. The molecule has 0 aliphatic heterocycles. The van der Waals surface area contributed by atoms with E-state index < -0.39 is 0 Å². The van der Waals surface area contributed by atoms with E-state index in [1.54, 1.807) is 0 Å². The van der Waals surface area contributed by atoms with Crippen LogP contribution in [0.3, 0.4) is 0 Å². The molecule has 2 aliphatic carbocycles. The second-order valence-electron chi connectivity index (χ2n) is 17.3. The standard InChI is InChI=1S/C52H68Cl2O2S/c1-5-7-9-11-33-55-45-27-21-41(22-28-45)51(47-31-25-43(35-49(47)53)39-17-13-37(3)14-18-39)57-52(42-23-29-46(30-24-42)56-34-12-10-8-6-2)48-32-26-44(36-50(48)54)40-19-15-38(4)16-20-40/h21-32,35-40,51-52H,5-20,33-34H2,1-4H3/t37-,38-,39-,40-,51?,52?. The van der Waals surface area contributed by atoms with Crippen LogP contribution < -0.4 is 9.47 Å². The predicted octanol–water partition coefficient (Wildman–Crippen LogP) is 17.1. The Labute approximate surface area is 360 Å². The van der Waals surface area contributed by atoms with Crippen molar-refractivity contribution in [3.05, 3.63) is 128 Å². The number of benzene rings is 4. The SMILES string of the molecule is CCCCCCOc1ccc(C(SC(c2ccc(OCCCCCC)cc2)c2ccc([C@H]3CC[C@H](C)CC3)cc2Cl)c2ccc([C@H]3CC[C@H](C)CC3)cc2Cl)cc1. The molecule has 0 saturated heterocycles. The van der Waals surface area contributed by atoms with E-state index in [1.165, 1.54) is 112 Å². The highest BCUT2D eigenvalue weighted by Crippen LogP contribution is 2.52. The van der Waals surface area contributed by atoms with Gasteiger partial charge in [-0.2, -0.15) is 0 Å². The van der Waals surface area contributed by atoms with Gasteiger partial charge in [0, 0.05) is 10.0 Å². The molecule has 2 nitrogen and oxygen atoms in total. The highest BCUT2D eigenvalue weighted by atomic mass is 35.5. The number of thioether (sulfide) groups is 1. The monoisotopic (exact) mass is 826 g/mol. The summed E-state index contributed by atoms with van der Waals surface area (Å²) in [6, 6.07) is 31.4. The number of halogens is 2. The third kappa shape index (κ3) is 12.7. The minimum Gasteiger partial charge on any atom is -0.494 e. The molecule has 0 bridgehead atoms. The number of rotatable bonds is 20. The lowest BCUT2D eigenvalue weighted by atomic mass is 9.79. The molecule has 4 aromatic rings. The highest BCUT2D eigenvalue weighted by Gasteiger charge is 2.29. The molecular weight excluding hydrogens is 760 g/mol. The van der Waals surface area contributed by atoms with Crippen molar-refractivity contribution >= 4 is 35.0 Å². The molecule has 2 saturated carbocycles. The topological polar surface area (TPSA) is 18.5 Å². The molecule has 0 aromatic heterocycles. The van der Waals surface area contributed by atoms with Gasteiger partial charge in [-0.25, -0.2) is 0 Å². The van der Waals surface area contributed by atoms with Crippen molar-refractivity contribution < 1.29 is 9.47 Å². The number of hydrogen-bond acceptors (Lipinski definition) is 3. The van der Waals surface area contributed by atoms with E-state index >= 15 is 0 Å². The summed E-state index contributed by atoms with van der Waals surface area (Å²) in [7, 11) is 0. The van der Waals surface area contributed by atoms with Crippen molar-refractivity contribution in [3.8, 4) is 11.5 Å². The summed E-state index contributed by atoms with van der Waals surface area (Å²) in [6.07, 6.45) is 19.7. The first-order valence-corrected chi connectivity index (χ1v) is 24.2. The van der Waals surface area contributed by atoms with Crippen molar-refractivity contribution in [2.45, 2.75) is 153 Å². The van der Waals surface area contributed by atoms with Crippen molar-refractivity contribution in [1.29, 1.82) is 0 Å². The van der Waals surface area contributed by atoms with Gasteiger partial charge in [-0.05, 0) is 132 Å². The van der Waals surface area contributed by atoms with E-state index in [4.69, 9.17) is 32.7 Å². The molecule has 57 heavy (non-hydrogen) atoms. The molecule has 5 heteroatoms. The number of ether oxygens (including phenoxy) is 2. The predicted molar refractivity (Wildman–Crippen MR) is 247 cm³/mol. The van der Waals surface area contributed by atoms with Crippen LogP contribution >= 0.6 is 35.0 Å². The maximum Gasteiger partial charge on any atom is 0.119 e. The molecule has 2 unspecified atom stereocenters. The third-order valence-electron chi connectivity index (χ3n) is 12.8. The fourth-order valence-corrected chi connectivity index (χ4v) is 11.3. The first-order chi connectivity index (χ1) is 27.8. The van der Waals surface area contributed by atoms with Gasteiger partial charge >= 0.3 is 0 Å². The van der Waals surface area contributed by atoms with Crippen molar-refractivity contribution in [3.63, 3.8) is 0 Å². The van der Waals surface area contributed by atoms with Gasteiger partial charge in [0.2, 0.25) is 0 Å². The van der Waals surface area contributed by atoms with Crippen molar-refractivity contribution in [1.82, 2.24) is 0 Å². The third-order valence-corrected chi connectivity index (χ3v) is 15.0. The summed E-state index contributed by atoms with van der Waals surface area (Å²) in [6.45, 7) is 10.8. The van der Waals surface area contributed by atoms with E-state index in [0.29, 0.717) is 11.8 Å². The maximum absolute atomic E-state index is 7.41. The lowest BCUT2D eigenvalue weighted by Gasteiger charge is -2.29. The van der Waals surface area contributed by atoms with Crippen LogP contribution in [0.15, 0.2) is 84.9 Å². The maximum atomic E-state index is 7.41. The Kier molecular flexibility index (Phi) is 17.5. The minimum atomic E-state index is -0.0356. The summed E-state index contributed by atoms with van der Waals surface area (Å²) in [5, 5.41) is 1.62. The molecule has 2 atom stereocenters. The summed E-state index contributed by atoms with van der Waals surface area (Å²) >= 11 is 16.7. The van der Waals surface area contributed by atoms with Crippen LogP contribution in [0, 0.1) is 11.8 Å². The van der Waals surface area contributed by atoms with Crippen LogP contribution in [0.5, 0.6) is 11.5 Å². The molecule has 2 aliphatic rings. The smallest absolute Gasteiger partial charge is 0.119 e. The lowest BCUT2D eigenvalue weighted by Crippen LogP contribution is -2.12. The minimum absolute atomic E-state index is 0.0356. The van der Waals surface area contributed by atoms with E-state index in [2.05, 4.69) is 113 Å². The Balaban J connectivity index is 1.33. The van der Waals surface area contributed by atoms with Gasteiger partial charge in [-0.15, -0.1) is 11.8 Å². The molecule has 0 amide bonds. The van der Waals surface area contributed by atoms with Crippen LogP contribution in [-0.4, -0.2) is 13.2 Å². The van der Waals surface area contributed by atoms with Gasteiger partial charge in [0.25, 0.3) is 0 Å². The van der Waals surface area contributed by atoms with Gasteiger partial charge in [0.05, 0.1) is 23.7 Å². The number of unbranched alkanes of at least 4 members (excludes halogenated alkanes) is 6. The first-order valence-electron chi connectivity index (χ1n) is 22.5. The average molecular weight is 828 g/mol. The van der Waals surface area contributed by atoms with Gasteiger partial charge in [-0.3, -0.25) is 0 Å². The second-order valence-corrected chi connectivity index (χ2v) is 19.4. The van der Waals surface area contributed by atoms with Gasteiger partial charge in [0.1, 0.15) is 11.5 Å². The lowest BCUT2D eigenvalue weighted by molar-refractivity contribution is 0.305. The fourth-order valence-electron chi connectivity index (χ4n) is 8.92. The summed E-state index contributed by atoms with van der Waals surface area (Å²) in [5.41, 5.74) is 7.46. The van der Waals surface area contributed by atoms with Crippen LogP contribution in [-0.2, 0) is 0 Å². The summed E-state index contributed by atoms with van der Waals surface area (Å²) < 4.78 is 12.4. The summed E-state index contributed by atoms with van der Waals surface area (Å²) in [5.74, 6) is 4.63. The first kappa shape index (κ1) is 44.0. The van der Waals surface area contributed by atoms with E-state index in [-0.39, 0.29) is 10.5 Å². The fraction of sp³-hybridized carbons (Fsp3) is 0.538. The number of hydrogen-bond donors (Lipinski definition) is 0. The van der Waals surface area contributed by atoms with Gasteiger partial charge in [-0.1, -0.05) is 164 Å². The Morgan fingerprint density at radius 3 is 1.25 bits per heavy atom. The van der Waals surface area contributed by atoms with E-state index in [9.17, 15) is 0 Å². The Morgan fingerprint density at radius 1 is 0.509 bits per heavy atom. The van der Waals surface area contributed by atoms with Crippen molar-refractivity contribution in [2.24, 2.45) is 11.8 Å². The Morgan fingerprint density at radius 2 is 0.895 bits per heavy atom. The molecular formula is C52H68Cl2O2S. The van der Waals surface area contributed by atoms with Gasteiger partial charge in [0.15, 0.2) is 0 Å². The Hall–Kier alpha value is -2.59. The van der Waals surface area contributed by atoms with E-state index in [0.717, 1.165) is 70.6 Å². The zero-order valence-electron chi connectivity index (χ0n) is 35.3. The average Bonchev–Trinajstić information content (AvgIpc) is 3.23. The molecule has 0 radical (unpaired) electrons. The van der Waals surface area contributed by atoms with E-state index in [1.807, 2.05) is 11.8 Å².